The fraction of sp³-hybridized carbons (Fsp3) is 0.0833. The van der Waals surface area contributed by atoms with Crippen LogP contribution in [-0.4, -0.2) is 16.3 Å². The highest BCUT2D eigenvalue weighted by atomic mass is 16.5. The molecule has 0 spiro atoms. The van der Waals surface area contributed by atoms with Crippen LogP contribution in [0.15, 0.2) is 36.7 Å². The third kappa shape index (κ3) is 2.23. The molecule has 0 saturated heterocycles. The molecule has 0 unspecified atom stereocenters. The zero-order valence-corrected chi connectivity index (χ0v) is 8.75. The number of hydrogen-bond donors (Lipinski definition) is 0. The molecule has 0 fully saturated rings. The van der Waals surface area contributed by atoms with Gasteiger partial charge in [0.1, 0.15) is 0 Å². The minimum atomic E-state index is 0.446. The van der Waals surface area contributed by atoms with Crippen LogP contribution in [0.4, 0.5) is 0 Å². The van der Waals surface area contributed by atoms with Crippen molar-refractivity contribution in [3.8, 4) is 11.6 Å². The minimum absolute atomic E-state index is 0.446. The molecule has 2 aromatic heterocycles. The molecule has 0 atom stereocenters. The Bertz CT molecular complexity index is 495. The van der Waals surface area contributed by atoms with Crippen LogP contribution in [0.1, 0.15) is 16.1 Å². The van der Waals surface area contributed by atoms with Crippen molar-refractivity contribution in [2.45, 2.75) is 6.92 Å². The summed E-state index contributed by atoms with van der Waals surface area (Å²) in [5.41, 5.74) is 1.32. The number of rotatable bonds is 3. The first-order chi connectivity index (χ1) is 7.79. The summed E-state index contributed by atoms with van der Waals surface area (Å²) >= 11 is 0. The third-order valence-corrected chi connectivity index (χ3v) is 2.07. The Kier molecular flexibility index (Phi) is 2.91. The first kappa shape index (κ1) is 10.3. The summed E-state index contributed by atoms with van der Waals surface area (Å²) in [7, 11) is 0. The molecular formula is C12H10N2O2. The summed E-state index contributed by atoms with van der Waals surface area (Å²) in [6, 6.07) is 6.91. The van der Waals surface area contributed by atoms with Gasteiger partial charge in [0.25, 0.3) is 0 Å². The molecule has 0 radical (unpaired) electrons. The summed E-state index contributed by atoms with van der Waals surface area (Å²) in [5, 5.41) is 0. The van der Waals surface area contributed by atoms with E-state index in [1.54, 1.807) is 24.4 Å². The predicted octanol–water partition coefficient (Wildman–Crippen LogP) is 2.39. The second-order valence-corrected chi connectivity index (χ2v) is 3.24. The molecule has 0 bridgehead atoms. The number of hydrogen-bond acceptors (Lipinski definition) is 4. The summed E-state index contributed by atoms with van der Waals surface area (Å²) in [6.45, 7) is 1.86. The fourth-order valence-corrected chi connectivity index (χ4v) is 1.21. The molecule has 0 aromatic carbocycles. The van der Waals surface area contributed by atoms with E-state index in [2.05, 4.69) is 9.97 Å². The van der Waals surface area contributed by atoms with Gasteiger partial charge in [-0.05, 0) is 25.1 Å². The van der Waals surface area contributed by atoms with Crippen LogP contribution in [-0.2, 0) is 0 Å². The highest BCUT2D eigenvalue weighted by Crippen LogP contribution is 2.21. The van der Waals surface area contributed by atoms with Gasteiger partial charge in [0.05, 0.1) is 5.69 Å². The van der Waals surface area contributed by atoms with E-state index in [0.717, 1.165) is 12.0 Å². The molecule has 4 nitrogen and oxygen atoms in total. The zero-order chi connectivity index (χ0) is 11.4. The van der Waals surface area contributed by atoms with Crippen molar-refractivity contribution < 1.29 is 9.53 Å². The van der Waals surface area contributed by atoms with Gasteiger partial charge in [0, 0.05) is 24.0 Å². The van der Waals surface area contributed by atoms with Gasteiger partial charge in [-0.15, -0.1) is 0 Å². The van der Waals surface area contributed by atoms with Crippen LogP contribution in [0.25, 0.3) is 0 Å². The largest absolute Gasteiger partial charge is 0.437 e. The number of nitrogens with zero attached hydrogens (tertiary/aromatic N) is 2. The van der Waals surface area contributed by atoms with Crippen molar-refractivity contribution in [1.82, 2.24) is 9.97 Å². The maximum Gasteiger partial charge on any atom is 0.219 e. The first-order valence-electron chi connectivity index (χ1n) is 4.80. The van der Waals surface area contributed by atoms with E-state index >= 15 is 0 Å². The molecule has 0 aliphatic rings. The fourth-order valence-electron chi connectivity index (χ4n) is 1.21. The van der Waals surface area contributed by atoms with Crippen molar-refractivity contribution in [2.75, 3.05) is 0 Å². The van der Waals surface area contributed by atoms with E-state index in [1.807, 2.05) is 13.0 Å². The van der Waals surface area contributed by atoms with E-state index < -0.39 is 0 Å². The Balaban J connectivity index is 2.21. The topological polar surface area (TPSA) is 52.1 Å². The highest BCUT2D eigenvalue weighted by Gasteiger charge is 2.02. The molecule has 0 aliphatic heterocycles. The Hall–Kier alpha value is -2.23. The average molecular weight is 214 g/mol. The first-order valence-corrected chi connectivity index (χ1v) is 4.80. The van der Waals surface area contributed by atoms with Crippen LogP contribution in [0.3, 0.4) is 0 Å². The third-order valence-electron chi connectivity index (χ3n) is 2.07. The summed E-state index contributed by atoms with van der Waals surface area (Å²) in [4.78, 5) is 18.5. The SMILES string of the molecule is Cc1ncccc1Oc1ccc(C=O)cn1. The van der Waals surface area contributed by atoms with Gasteiger partial charge in [0.2, 0.25) is 5.88 Å². The number of aryl methyl sites for hydroxylation is 1. The Labute approximate surface area is 92.9 Å². The molecule has 2 aromatic rings. The Morgan fingerprint density at radius 1 is 1.25 bits per heavy atom. The number of carbonyl (C=O) groups is 1. The van der Waals surface area contributed by atoms with Crippen molar-refractivity contribution in [1.29, 1.82) is 0 Å². The van der Waals surface area contributed by atoms with E-state index in [-0.39, 0.29) is 0 Å². The molecule has 0 N–H and O–H groups in total. The van der Waals surface area contributed by atoms with Gasteiger partial charge < -0.3 is 4.74 Å². The zero-order valence-electron chi connectivity index (χ0n) is 8.75. The van der Waals surface area contributed by atoms with E-state index in [4.69, 9.17) is 4.74 Å². The molecule has 0 amide bonds. The smallest absolute Gasteiger partial charge is 0.219 e. The number of carbonyl (C=O) groups excluding carboxylic acids is 1. The van der Waals surface area contributed by atoms with E-state index in [0.29, 0.717) is 17.2 Å². The number of aldehydes is 1. The molecule has 0 aliphatic carbocycles. The monoisotopic (exact) mass is 214 g/mol. The molecule has 80 valence electrons. The lowest BCUT2D eigenvalue weighted by Crippen LogP contribution is -1.92. The maximum absolute atomic E-state index is 10.4. The Morgan fingerprint density at radius 3 is 2.75 bits per heavy atom. The van der Waals surface area contributed by atoms with Gasteiger partial charge in [-0.1, -0.05) is 0 Å². The van der Waals surface area contributed by atoms with Crippen molar-refractivity contribution >= 4 is 6.29 Å². The maximum atomic E-state index is 10.4. The highest BCUT2D eigenvalue weighted by molar-refractivity contribution is 5.74. The Morgan fingerprint density at radius 2 is 2.12 bits per heavy atom. The number of aromatic nitrogens is 2. The molecule has 4 heteroatoms. The van der Waals surface area contributed by atoms with Crippen LogP contribution in [0.2, 0.25) is 0 Å². The summed E-state index contributed by atoms with van der Waals surface area (Å²) < 4.78 is 5.52. The quantitative estimate of drug-likeness (QED) is 0.736. The van der Waals surface area contributed by atoms with Gasteiger partial charge in [-0.2, -0.15) is 0 Å². The summed E-state index contributed by atoms with van der Waals surface area (Å²) in [6.07, 6.45) is 3.91. The van der Waals surface area contributed by atoms with E-state index in [1.165, 1.54) is 6.20 Å². The predicted molar refractivity (Wildman–Crippen MR) is 58.7 cm³/mol. The van der Waals surface area contributed by atoms with Gasteiger partial charge in [-0.3, -0.25) is 9.78 Å². The van der Waals surface area contributed by atoms with Crippen molar-refractivity contribution in [2.24, 2.45) is 0 Å². The van der Waals surface area contributed by atoms with Crippen LogP contribution < -0.4 is 4.74 Å². The van der Waals surface area contributed by atoms with Crippen molar-refractivity contribution in [3.63, 3.8) is 0 Å². The van der Waals surface area contributed by atoms with Gasteiger partial charge >= 0.3 is 0 Å². The lowest BCUT2D eigenvalue weighted by Gasteiger charge is -2.06. The van der Waals surface area contributed by atoms with Crippen LogP contribution in [0, 0.1) is 6.92 Å². The molecule has 2 heterocycles. The number of ether oxygens (including phenoxy) is 1. The van der Waals surface area contributed by atoms with Gasteiger partial charge in [0.15, 0.2) is 12.0 Å². The standard InChI is InChI=1S/C12H10N2O2/c1-9-11(3-2-6-13-9)16-12-5-4-10(8-15)7-14-12/h2-8H,1H3. The van der Waals surface area contributed by atoms with E-state index in [9.17, 15) is 4.79 Å². The molecule has 0 saturated carbocycles. The second kappa shape index (κ2) is 4.53. The van der Waals surface area contributed by atoms with Crippen LogP contribution in [0.5, 0.6) is 11.6 Å². The summed E-state index contributed by atoms with van der Waals surface area (Å²) in [5.74, 6) is 1.11. The van der Waals surface area contributed by atoms with Crippen LogP contribution >= 0.6 is 0 Å². The molecule has 2 rings (SSSR count). The minimum Gasteiger partial charge on any atom is -0.437 e. The molecular weight excluding hydrogens is 204 g/mol. The van der Waals surface area contributed by atoms with Crippen molar-refractivity contribution in [3.05, 3.63) is 47.9 Å². The molecule has 16 heavy (non-hydrogen) atoms. The second-order valence-electron chi connectivity index (χ2n) is 3.24. The van der Waals surface area contributed by atoms with Gasteiger partial charge in [-0.25, -0.2) is 4.98 Å². The lowest BCUT2D eigenvalue weighted by molar-refractivity contribution is 0.112. The average Bonchev–Trinajstić information content (AvgIpc) is 2.33. The normalized spacial score (nSPS) is 9.81. The lowest BCUT2D eigenvalue weighted by atomic mass is 10.3. The number of pyridine rings is 2.